The zero-order chi connectivity index (χ0) is 15.2. The molecule has 0 radical (unpaired) electrons. The number of urea groups is 1. The minimum Gasteiger partial charge on any atom is -0.372 e. The maximum atomic E-state index is 11.9. The number of hydrogen-bond acceptors (Lipinski definition) is 2. The summed E-state index contributed by atoms with van der Waals surface area (Å²) < 4.78 is 0. The predicted molar refractivity (Wildman–Crippen MR) is 90.1 cm³/mol. The summed E-state index contributed by atoms with van der Waals surface area (Å²) in [5.74, 6) is 0. The molecule has 2 aliphatic rings. The quantitative estimate of drug-likeness (QED) is 0.895. The van der Waals surface area contributed by atoms with Gasteiger partial charge in [0.1, 0.15) is 0 Å². The lowest BCUT2D eigenvalue weighted by atomic mass is 9.96. The molecule has 4 heteroatoms. The molecule has 1 saturated carbocycles. The molecule has 120 valence electrons. The van der Waals surface area contributed by atoms with Crippen LogP contribution in [0, 0.1) is 0 Å². The molecule has 0 unspecified atom stereocenters. The molecule has 0 spiro atoms. The Kier molecular flexibility index (Phi) is 5.20. The third-order valence-electron chi connectivity index (χ3n) is 4.80. The molecule has 0 atom stereocenters. The van der Waals surface area contributed by atoms with Crippen molar-refractivity contribution in [3.05, 3.63) is 29.8 Å². The third kappa shape index (κ3) is 4.15. The Bertz CT molecular complexity index is 474. The summed E-state index contributed by atoms with van der Waals surface area (Å²) in [6.07, 6.45) is 8.63. The maximum absolute atomic E-state index is 11.9. The average Bonchev–Trinajstić information content (AvgIpc) is 3.09. The first kappa shape index (κ1) is 15.2. The molecule has 2 amide bonds. The van der Waals surface area contributed by atoms with Crippen LogP contribution in [-0.4, -0.2) is 25.2 Å². The van der Waals surface area contributed by atoms with Crippen LogP contribution in [0.2, 0.25) is 0 Å². The van der Waals surface area contributed by atoms with Gasteiger partial charge in [-0.2, -0.15) is 0 Å². The van der Waals surface area contributed by atoms with Gasteiger partial charge in [-0.15, -0.1) is 0 Å². The number of carbonyl (C=O) groups is 1. The van der Waals surface area contributed by atoms with Crippen LogP contribution < -0.4 is 15.5 Å². The van der Waals surface area contributed by atoms with Crippen LogP contribution in [0.1, 0.15) is 50.5 Å². The average molecular weight is 301 g/mol. The SMILES string of the molecule is O=C(NCc1ccc(N2CCCC2)cc1)NC1CCCCC1. The van der Waals surface area contributed by atoms with E-state index in [-0.39, 0.29) is 6.03 Å². The Morgan fingerprint density at radius 2 is 1.68 bits per heavy atom. The Morgan fingerprint density at radius 3 is 2.36 bits per heavy atom. The highest BCUT2D eigenvalue weighted by Crippen LogP contribution is 2.20. The van der Waals surface area contributed by atoms with Crippen molar-refractivity contribution in [2.45, 2.75) is 57.5 Å². The summed E-state index contributed by atoms with van der Waals surface area (Å²) in [5.41, 5.74) is 2.45. The van der Waals surface area contributed by atoms with Crippen LogP contribution in [0.3, 0.4) is 0 Å². The van der Waals surface area contributed by atoms with Gasteiger partial charge >= 0.3 is 6.03 Å². The van der Waals surface area contributed by atoms with Crippen LogP contribution in [0.5, 0.6) is 0 Å². The van der Waals surface area contributed by atoms with E-state index in [0.29, 0.717) is 12.6 Å². The van der Waals surface area contributed by atoms with Gasteiger partial charge in [0.15, 0.2) is 0 Å². The highest BCUT2D eigenvalue weighted by atomic mass is 16.2. The number of rotatable bonds is 4. The lowest BCUT2D eigenvalue weighted by Crippen LogP contribution is -2.42. The van der Waals surface area contributed by atoms with E-state index in [1.807, 2.05) is 0 Å². The number of carbonyl (C=O) groups excluding carboxylic acids is 1. The van der Waals surface area contributed by atoms with Crippen LogP contribution in [0.15, 0.2) is 24.3 Å². The second kappa shape index (κ2) is 7.52. The van der Waals surface area contributed by atoms with Crippen molar-refractivity contribution in [2.24, 2.45) is 0 Å². The highest BCUT2D eigenvalue weighted by Gasteiger charge is 2.15. The molecule has 2 fully saturated rings. The fraction of sp³-hybridized carbons (Fsp3) is 0.611. The molecule has 1 heterocycles. The molecular weight excluding hydrogens is 274 g/mol. The second-order valence-electron chi connectivity index (χ2n) is 6.52. The van der Waals surface area contributed by atoms with Crippen LogP contribution in [0.25, 0.3) is 0 Å². The molecule has 3 rings (SSSR count). The molecule has 1 aromatic rings. The number of nitrogens with one attached hydrogen (secondary N) is 2. The highest BCUT2D eigenvalue weighted by molar-refractivity contribution is 5.74. The molecule has 1 saturated heterocycles. The Balaban J connectivity index is 1.43. The van der Waals surface area contributed by atoms with Crippen molar-refractivity contribution >= 4 is 11.7 Å². The molecule has 1 aliphatic carbocycles. The van der Waals surface area contributed by atoms with Gasteiger partial charge in [-0.25, -0.2) is 4.79 Å². The Morgan fingerprint density at radius 1 is 1.00 bits per heavy atom. The summed E-state index contributed by atoms with van der Waals surface area (Å²) in [6, 6.07) is 8.91. The zero-order valence-corrected chi connectivity index (χ0v) is 13.3. The first-order chi connectivity index (χ1) is 10.8. The zero-order valence-electron chi connectivity index (χ0n) is 13.3. The van der Waals surface area contributed by atoms with E-state index >= 15 is 0 Å². The molecule has 1 aromatic carbocycles. The van der Waals surface area contributed by atoms with Crippen molar-refractivity contribution in [2.75, 3.05) is 18.0 Å². The van der Waals surface area contributed by atoms with Crippen molar-refractivity contribution in [3.8, 4) is 0 Å². The minimum atomic E-state index is -0.0319. The second-order valence-corrected chi connectivity index (χ2v) is 6.52. The lowest BCUT2D eigenvalue weighted by Gasteiger charge is -2.23. The maximum Gasteiger partial charge on any atom is 0.315 e. The lowest BCUT2D eigenvalue weighted by molar-refractivity contribution is 0.232. The van der Waals surface area contributed by atoms with Gasteiger partial charge in [0, 0.05) is 31.4 Å². The normalized spacial score (nSPS) is 19.2. The van der Waals surface area contributed by atoms with Crippen LogP contribution >= 0.6 is 0 Å². The largest absolute Gasteiger partial charge is 0.372 e. The first-order valence-electron chi connectivity index (χ1n) is 8.69. The molecule has 2 N–H and O–H groups in total. The van der Waals surface area contributed by atoms with E-state index < -0.39 is 0 Å². The van der Waals surface area contributed by atoms with Gasteiger partial charge in [0.25, 0.3) is 0 Å². The number of amides is 2. The van der Waals surface area contributed by atoms with Gasteiger partial charge < -0.3 is 15.5 Å². The monoisotopic (exact) mass is 301 g/mol. The van der Waals surface area contributed by atoms with Gasteiger partial charge in [0.2, 0.25) is 0 Å². The van der Waals surface area contributed by atoms with Crippen molar-refractivity contribution in [1.29, 1.82) is 0 Å². The smallest absolute Gasteiger partial charge is 0.315 e. The predicted octanol–water partition coefficient (Wildman–Crippen LogP) is 3.42. The molecular formula is C18H27N3O. The summed E-state index contributed by atoms with van der Waals surface area (Å²) >= 11 is 0. The minimum absolute atomic E-state index is 0.0319. The first-order valence-corrected chi connectivity index (χ1v) is 8.69. The molecule has 1 aliphatic heterocycles. The fourth-order valence-corrected chi connectivity index (χ4v) is 3.47. The van der Waals surface area contributed by atoms with Gasteiger partial charge in [-0.3, -0.25) is 0 Å². The third-order valence-corrected chi connectivity index (χ3v) is 4.80. The fourth-order valence-electron chi connectivity index (χ4n) is 3.47. The van der Waals surface area contributed by atoms with Crippen molar-refractivity contribution in [3.63, 3.8) is 0 Å². The molecule has 0 bridgehead atoms. The van der Waals surface area contributed by atoms with E-state index in [1.54, 1.807) is 0 Å². The van der Waals surface area contributed by atoms with Gasteiger partial charge in [0.05, 0.1) is 0 Å². The number of nitrogens with zero attached hydrogens (tertiary/aromatic N) is 1. The topological polar surface area (TPSA) is 44.4 Å². The summed E-state index contributed by atoms with van der Waals surface area (Å²) in [5, 5.41) is 6.06. The molecule has 0 aromatic heterocycles. The standard InChI is InChI=1S/C18H27N3O/c22-18(20-16-6-2-1-3-7-16)19-14-15-8-10-17(11-9-15)21-12-4-5-13-21/h8-11,16H,1-7,12-14H2,(H2,19,20,22). The van der Waals surface area contributed by atoms with E-state index in [9.17, 15) is 4.79 Å². The van der Waals surface area contributed by atoms with Gasteiger partial charge in [-0.1, -0.05) is 31.4 Å². The molecule has 22 heavy (non-hydrogen) atoms. The summed E-state index contributed by atoms with van der Waals surface area (Å²) in [4.78, 5) is 14.4. The van der Waals surface area contributed by atoms with E-state index in [4.69, 9.17) is 0 Å². The summed E-state index contributed by atoms with van der Waals surface area (Å²) in [7, 11) is 0. The van der Waals surface area contributed by atoms with Gasteiger partial charge in [-0.05, 0) is 43.4 Å². The van der Waals surface area contributed by atoms with Crippen molar-refractivity contribution in [1.82, 2.24) is 10.6 Å². The van der Waals surface area contributed by atoms with E-state index in [2.05, 4.69) is 39.8 Å². The molecule has 4 nitrogen and oxygen atoms in total. The van der Waals surface area contributed by atoms with Crippen molar-refractivity contribution < 1.29 is 4.79 Å². The van der Waals surface area contributed by atoms with Crippen LogP contribution in [-0.2, 0) is 6.54 Å². The number of hydrogen-bond donors (Lipinski definition) is 2. The number of benzene rings is 1. The van der Waals surface area contributed by atoms with E-state index in [0.717, 1.165) is 18.4 Å². The number of anilines is 1. The Labute approximate surface area is 133 Å². The Hall–Kier alpha value is -1.71. The summed E-state index contributed by atoms with van der Waals surface area (Å²) in [6.45, 7) is 2.93. The van der Waals surface area contributed by atoms with Crippen LogP contribution in [0.4, 0.5) is 10.5 Å². The van der Waals surface area contributed by atoms with E-state index in [1.165, 1.54) is 50.9 Å².